The molecular formula is C29H34N4O6S. The second-order valence-corrected chi connectivity index (χ2v) is 12.0. The Bertz CT molecular complexity index is 1320. The molecule has 212 valence electrons. The SMILES string of the molecule is CC(C)(C)OC(=O)N[C@@H](Cc1ccc(O[S+](=O)([O-])c2cccnc2)cc1)C(=O)N1CCN(c2ccccc2)CC1. The third kappa shape index (κ3) is 8.03. The van der Waals surface area contributed by atoms with Gasteiger partial charge in [0.1, 0.15) is 11.6 Å². The molecular weight excluding hydrogens is 532 g/mol. The number of alkyl carbamates (subject to hydrolysis) is 1. The van der Waals surface area contributed by atoms with Crippen molar-refractivity contribution in [1.29, 1.82) is 0 Å². The molecule has 2 amide bonds. The van der Waals surface area contributed by atoms with E-state index in [4.69, 9.17) is 8.92 Å². The molecule has 0 spiro atoms. The lowest BCUT2D eigenvalue weighted by atomic mass is 10.0. The van der Waals surface area contributed by atoms with Crippen LogP contribution < -0.4 is 14.4 Å². The van der Waals surface area contributed by atoms with Gasteiger partial charge in [-0.1, -0.05) is 34.5 Å². The van der Waals surface area contributed by atoms with Gasteiger partial charge < -0.3 is 24.4 Å². The summed E-state index contributed by atoms with van der Waals surface area (Å²) in [6.07, 6.45) is 2.19. The topological polar surface area (TPSA) is 124 Å². The van der Waals surface area contributed by atoms with E-state index in [1.54, 1.807) is 37.8 Å². The van der Waals surface area contributed by atoms with Crippen molar-refractivity contribution in [1.82, 2.24) is 15.2 Å². The molecule has 1 saturated heterocycles. The summed E-state index contributed by atoms with van der Waals surface area (Å²) in [6, 6.07) is 18.4. The molecule has 4 rings (SSSR count). The number of ether oxygens (including phenoxy) is 1. The number of nitrogens with one attached hydrogen (secondary N) is 1. The molecule has 1 aliphatic heterocycles. The first-order valence-corrected chi connectivity index (χ1v) is 14.4. The number of carbonyl (C=O) groups is 2. The van der Waals surface area contributed by atoms with Crippen molar-refractivity contribution < 1.29 is 27.3 Å². The van der Waals surface area contributed by atoms with Gasteiger partial charge in [-0.2, -0.15) is 0 Å². The predicted molar refractivity (Wildman–Crippen MR) is 150 cm³/mol. The van der Waals surface area contributed by atoms with Gasteiger partial charge in [0.2, 0.25) is 10.8 Å². The maximum atomic E-state index is 13.6. The number of para-hydroxylation sites is 1. The highest BCUT2D eigenvalue weighted by Gasteiger charge is 2.31. The van der Waals surface area contributed by atoms with Crippen molar-refractivity contribution in [2.75, 3.05) is 31.1 Å². The van der Waals surface area contributed by atoms with Crippen molar-refractivity contribution >= 4 is 28.2 Å². The van der Waals surface area contributed by atoms with Crippen LogP contribution in [-0.4, -0.2) is 64.3 Å². The molecule has 2 heterocycles. The third-order valence-corrected chi connectivity index (χ3v) is 7.42. The number of rotatable bonds is 8. The van der Waals surface area contributed by atoms with Crippen molar-refractivity contribution in [3.05, 3.63) is 84.7 Å². The van der Waals surface area contributed by atoms with E-state index in [-0.39, 0.29) is 23.0 Å². The smallest absolute Gasteiger partial charge is 0.408 e. The fourth-order valence-corrected chi connectivity index (χ4v) is 5.18. The van der Waals surface area contributed by atoms with E-state index in [2.05, 4.69) is 15.2 Å². The molecule has 10 nitrogen and oxygen atoms in total. The molecule has 2 atom stereocenters. The van der Waals surface area contributed by atoms with E-state index < -0.39 is 28.2 Å². The summed E-state index contributed by atoms with van der Waals surface area (Å²) in [5, 5.41) is 2.74. The van der Waals surface area contributed by atoms with Gasteiger partial charge in [0.25, 0.3) is 10.5 Å². The first-order chi connectivity index (χ1) is 19.0. The van der Waals surface area contributed by atoms with Gasteiger partial charge >= 0.3 is 6.09 Å². The van der Waals surface area contributed by atoms with Crippen LogP contribution in [0.4, 0.5) is 10.5 Å². The molecule has 0 radical (unpaired) electrons. The van der Waals surface area contributed by atoms with Crippen LogP contribution in [0.5, 0.6) is 5.75 Å². The lowest BCUT2D eigenvalue weighted by Gasteiger charge is -2.37. The summed E-state index contributed by atoms with van der Waals surface area (Å²) in [5.74, 6) is -0.0920. The van der Waals surface area contributed by atoms with Crippen LogP contribution in [0.2, 0.25) is 0 Å². The quantitative estimate of drug-likeness (QED) is 0.408. The Morgan fingerprint density at radius 1 is 1.00 bits per heavy atom. The zero-order valence-corrected chi connectivity index (χ0v) is 23.6. The Balaban J connectivity index is 1.44. The van der Waals surface area contributed by atoms with Crippen molar-refractivity contribution in [2.45, 2.75) is 43.7 Å². The van der Waals surface area contributed by atoms with Gasteiger partial charge in [0.15, 0.2) is 5.75 Å². The first-order valence-electron chi connectivity index (χ1n) is 13.0. The van der Waals surface area contributed by atoms with Gasteiger partial charge in [-0.15, -0.1) is 0 Å². The monoisotopic (exact) mass is 566 g/mol. The van der Waals surface area contributed by atoms with Gasteiger partial charge in [-0.3, -0.25) is 14.0 Å². The molecule has 0 bridgehead atoms. The number of anilines is 1. The molecule has 0 aliphatic carbocycles. The number of carbonyl (C=O) groups excluding carboxylic acids is 2. The van der Waals surface area contributed by atoms with E-state index in [0.717, 1.165) is 5.69 Å². The normalized spacial score (nSPS) is 16.0. The molecule has 11 heteroatoms. The highest BCUT2D eigenvalue weighted by atomic mass is 32.3. The van der Waals surface area contributed by atoms with Crippen LogP contribution in [0.15, 0.2) is 84.0 Å². The fraction of sp³-hybridized carbons (Fsp3) is 0.345. The fourth-order valence-electron chi connectivity index (χ4n) is 4.28. The second kappa shape index (κ2) is 12.5. The van der Waals surface area contributed by atoms with Crippen LogP contribution in [0.3, 0.4) is 0 Å². The van der Waals surface area contributed by atoms with Gasteiger partial charge in [0.05, 0.1) is 6.20 Å². The van der Waals surface area contributed by atoms with E-state index >= 15 is 0 Å². The van der Waals surface area contributed by atoms with E-state index in [9.17, 15) is 18.4 Å². The minimum absolute atomic E-state index is 0.0568. The van der Waals surface area contributed by atoms with Gasteiger partial charge in [0, 0.05) is 50.6 Å². The molecule has 1 unspecified atom stereocenters. The zero-order valence-electron chi connectivity index (χ0n) is 22.8. The average Bonchev–Trinajstić information content (AvgIpc) is 2.93. The van der Waals surface area contributed by atoms with Crippen LogP contribution in [0.1, 0.15) is 26.3 Å². The molecule has 2 aromatic carbocycles. The lowest BCUT2D eigenvalue weighted by Crippen LogP contribution is -2.56. The first kappa shape index (κ1) is 29.0. The van der Waals surface area contributed by atoms with Crippen molar-refractivity contribution in [3.8, 4) is 5.75 Å². The highest BCUT2D eigenvalue weighted by Crippen LogP contribution is 2.23. The Morgan fingerprint density at radius 2 is 1.68 bits per heavy atom. The molecule has 1 aromatic heterocycles. The second-order valence-electron chi connectivity index (χ2n) is 10.4. The predicted octanol–water partition coefficient (Wildman–Crippen LogP) is 3.85. The number of benzene rings is 2. The summed E-state index contributed by atoms with van der Waals surface area (Å²) in [6.45, 7) is 7.64. The third-order valence-electron chi connectivity index (χ3n) is 6.19. The average molecular weight is 567 g/mol. The van der Waals surface area contributed by atoms with E-state index in [0.29, 0.717) is 31.7 Å². The van der Waals surface area contributed by atoms with E-state index in [1.165, 1.54) is 36.7 Å². The number of pyridine rings is 1. The summed E-state index contributed by atoms with van der Waals surface area (Å²) in [4.78, 5) is 33.9. The molecule has 3 aromatic rings. The molecule has 0 saturated carbocycles. The molecule has 40 heavy (non-hydrogen) atoms. The van der Waals surface area contributed by atoms with Crippen LogP contribution in [0, 0.1) is 0 Å². The number of piperazine rings is 1. The van der Waals surface area contributed by atoms with E-state index in [1.807, 2.05) is 30.3 Å². The highest BCUT2D eigenvalue weighted by molar-refractivity contribution is 7.93. The summed E-state index contributed by atoms with van der Waals surface area (Å²) in [5.41, 5.74) is 1.09. The number of amides is 2. The van der Waals surface area contributed by atoms with Crippen molar-refractivity contribution in [3.63, 3.8) is 0 Å². The Kier molecular flexibility index (Phi) is 9.06. The summed E-state index contributed by atoms with van der Waals surface area (Å²) >= 11 is 0. The zero-order chi connectivity index (χ0) is 28.8. The largest absolute Gasteiger partial charge is 0.573 e. The summed E-state index contributed by atoms with van der Waals surface area (Å²) in [7, 11) is -4.04. The van der Waals surface area contributed by atoms with Crippen LogP contribution in [-0.2, 0) is 30.7 Å². The Labute approximate surface area is 235 Å². The standard InChI is InChI=1S/C29H34N4O6S/c1-29(2,3)38-28(35)31-26(27(34)33-18-16-32(17-19-33)23-8-5-4-6-9-23)20-22-11-13-24(14-12-22)39-40(36,37)25-10-7-15-30-21-25/h4-15,21,26H,16-20H2,1-3H3,(H-,31,35,36,37)/t26-/m0/s1. The molecule has 1 fully saturated rings. The summed E-state index contributed by atoms with van der Waals surface area (Å²) < 4.78 is 35.6. The van der Waals surface area contributed by atoms with Crippen LogP contribution in [0.25, 0.3) is 0 Å². The number of aromatic nitrogens is 1. The Hall–Kier alpha value is -3.96. The van der Waals surface area contributed by atoms with Crippen molar-refractivity contribution in [2.24, 2.45) is 0 Å². The maximum Gasteiger partial charge on any atom is 0.408 e. The molecule has 1 aliphatic rings. The number of hydrogen-bond donors (Lipinski definition) is 1. The maximum absolute atomic E-state index is 13.6. The number of hydrogen-bond acceptors (Lipinski definition) is 8. The minimum atomic E-state index is -4.04. The lowest BCUT2D eigenvalue weighted by molar-refractivity contribution is -0.133. The van der Waals surface area contributed by atoms with Gasteiger partial charge in [-0.05, 0) is 56.7 Å². The Morgan fingerprint density at radius 3 is 2.27 bits per heavy atom. The van der Waals surface area contributed by atoms with Gasteiger partial charge in [-0.25, -0.2) is 4.79 Å². The minimum Gasteiger partial charge on any atom is -0.573 e. The molecule has 1 N–H and O–H groups in total. The van der Waals surface area contributed by atoms with Crippen LogP contribution >= 0.6 is 0 Å². The number of nitrogens with zero attached hydrogens (tertiary/aromatic N) is 3.